The largest absolute Gasteiger partial charge is 0.396 e. The van der Waals surface area contributed by atoms with Crippen LogP contribution < -0.4 is 5.32 Å². The van der Waals surface area contributed by atoms with Crippen molar-refractivity contribution in [2.24, 2.45) is 11.8 Å². The van der Waals surface area contributed by atoms with Crippen molar-refractivity contribution in [3.63, 3.8) is 0 Å². The van der Waals surface area contributed by atoms with Gasteiger partial charge in [0.15, 0.2) is 0 Å². The average molecular weight is 197 g/mol. The van der Waals surface area contributed by atoms with E-state index in [-0.39, 0.29) is 5.54 Å². The van der Waals surface area contributed by atoms with Gasteiger partial charge in [0.1, 0.15) is 0 Å². The van der Waals surface area contributed by atoms with Gasteiger partial charge in [0.05, 0.1) is 0 Å². The van der Waals surface area contributed by atoms with Gasteiger partial charge >= 0.3 is 0 Å². The number of hydrogen-bond acceptors (Lipinski definition) is 2. The molecule has 1 aliphatic rings. The predicted octanol–water partition coefficient (Wildman–Crippen LogP) is 1.95. The van der Waals surface area contributed by atoms with Gasteiger partial charge in [-0.05, 0) is 32.2 Å². The summed E-state index contributed by atoms with van der Waals surface area (Å²) >= 11 is 0. The molecule has 0 radical (unpaired) electrons. The van der Waals surface area contributed by atoms with E-state index in [0.717, 1.165) is 12.8 Å². The van der Waals surface area contributed by atoms with E-state index < -0.39 is 0 Å². The molecule has 1 saturated carbocycles. The molecule has 0 aliphatic heterocycles. The first kappa shape index (κ1) is 11.7. The molecule has 0 aromatic carbocycles. The third kappa shape index (κ3) is 1.86. The Morgan fingerprint density at radius 1 is 1.50 bits per heavy atom. The second-order valence-corrected chi connectivity index (χ2v) is 4.30. The first-order valence-electron chi connectivity index (χ1n) is 5.67. The fourth-order valence-electron chi connectivity index (χ4n) is 2.87. The van der Waals surface area contributed by atoms with E-state index in [9.17, 15) is 5.11 Å². The summed E-state index contributed by atoms with van der Waals surface area (Å²) in [6.07, 6.45) is 6.55. The molecule has 2 N–H and O–H groups in total. The summed E-state index contributed by atoms with van der Waals surface area (Å²) < 4.78 is 0. The van der Waals surface area contributed by atoms with Gasteiger partial charge in [-0.1, -0.05) is 19.4 Å². The van der Waals surface area contributed by atoms with Crippen LogP contribution in [0.25, 0.3) is 0 Å². The smallest absolute Gasteiger partial charge is 0.0480 e. The molecular formula is C12H23NO. The van der Waals surface area contributed by atoms with Gasteiger partial charge in [0.2, 0.25) is 0 Å². The van der Waals surface area contributed by atoms with Gasteiger partial charge in [-0.3, -0.25) is 0 Å². The minimum atomic E-state index is 0.207. The molecule has 0 amide bonds. The van der Waals surface area contributed by atoms with E-state index in [1.165, 1.54) is 12.8 Å². The van der Waals surface area contributed by atoms with Crippen molar-refractivity contribution in [3.8, 4) is 0 Å². The molecule has 2 heteroatoms. The van der Waals surface area contributed by atoms with Gasteiger partial charge in [-0.15, -0.1) is 6.58 Å². The molecule has 0 unspecified atom stereocenters. The van der Waals surface area contributed by atoms with Gasteiger partial charge < -0.3 is 10.4 Å². The Labute approximate surface area is 87.4 Å². The molecule has 0 saturated heterocycles. The van der Waals surface area contributed by atoms with Crippen molar-refractivity contribution in [1.29, 1.82) is 0 Å². The molecular weight excluding hydrogens is 174 g/mol. The van der Waals surface area contributed by atoms with Crippen LogP contribution in [0.5, 0.6) is 0 Å². The lowest BCUT2D eigenvalue weighted by atomic mass is 10.0. The third-order valence-corrected chi connectivity index (χ3v) is 3.72. The predicted molar refractivity (Wildman–Crippen MR) is 60.2 cm³/mol. The lowest BCUT2D eigenvalue weighted by Crippen LogP contribution is -2.32. The molecule has 1 rings (SSSR count). The minimum Gasteiger partial charge on any atom is -0.396 e. The van der Waals surface area contributed by atoms with Crippen molar-refractivity contribution < 1.29 is 5.11 Å². The van der Waals surface area contributed by atoms with Crippen molar-refractivity contribution in [3.05, 3.63) is 12.7 Å². The fourth-order valence-corrected chi connectivity index (χ4v) is 2.87. The Balaban J connectivity index is 2.55. The molecule has 14 heavy (non-hydrogen) atoms. The first-order chi connectivity index (χ1) is 6.76. The monoisotopic (exact) mass is 197 g/mol. The normalized spacial score (nSPS) is 35.6. The second kappa shape index (κ2) is 4.94. The summed E-state index contributed by atoms with van der Waals surface area (Å²) in [6.45, 7) is 6.29. The number of nitrogens with one attached hydrogen (secondary N) is 1. The SMILES string of the molecule is C=CCC[C@]1(NC)[C@H](CO)[C@@H]1CCC. The summed E-state index contributed by atoms with van der Waals surface area (Å²) in [6, 6.07) is 0. The summed E-state index contributed by atoms with van der Waals surface area (Å²) in [4.78, 5) is 0. The van der Waals surface area contributed by atoms with E-state index in [2.05, 4.69) is 18.8 Å². The zero-order chi connectivity index (χ0) is 10.6. The highest BCUT2D eigenvalue weighted by Crippen LogP contribution is 2.55. The van der Waals surface area contributed by atoms with Crippen molar-refractivity contribution in [2.75, 3.05) is 13.7 Å². The first-order valence-corrected chi connectivity index (χ1v) is 5.67. The van der Waals surface area contributed by atoms with Crippen LogP contribution in [0.4, 0.5) is 0 Å². The maximum atomic E-state index is 9.30. The number of allylic oxidation sites excluding steroid dienone is 1. The Kier molecular flexibility index (Phi) is 4.14. The van der Waals surface area contributed by atoms with Crippen LogP contribution in [0.2, 0.25) is 0 Å². The molecule has 82 valence electrons. The lowest BCUT2D eigenvalue weighted by Gasteiger charge is -2.16. The Morgan fingerprint density at radius 2 is 2.21 bits per heavy atom. The highest BCUT2D eigenvalue weighted by Gasteiger charge is 2.61. The molecule has 0 bridgehead atoms. The number of rotatable bonds is 7. The maximum absolute atomic E-state index is 9.30. The zero-order valence-electron chi connectivity index (χ0n) is 9.42. The van der Waals surface area contributed by atoms with Gasteiger partial charge in [0, 0.05) is 18.1 Å². The zero-order valence-corrected chi connectivity index (χ0v) is 9.42. The standard InChI is InChI=1S/C12H23NO/c1-4-6-8-12(13-3)10(7-5-2)11(12)9-14/h4,10-11,13-14H,1,5-9H2,2-3H3/t10-,11+,12+/m0/s1. The fraction of sp³-hybridized carbons (Fsp3) is 0.833. The van der Waals surface area contributed by atoms with Crippen molar-refractivity contribution in [2.45, 2.75) is 38.1 Å². The molecule has 2 nitrogen and oxygen atoms in total. The molecule has 0 aromatic heterocycles. The summed E-state index contributed by atoms with van der Waals surface area (Å²) in [5.74, 6) is 1.13. The quantitative estimate of drug-likeness (QED) is 0.611. The molecule has 0 spiro atoms. The second-order valence-electron chi connectivity index (χ2n) is 4.30. The molecule has 0 aromatic rings. The summed E-state index contributed by atoms with van der Waals surface area (Å²) in [5, 5.41) is 12.7. The van der Waals surface area contributed by atoms with Gasteiger partial charge in [-0.2, -0.15) is 0 Å². The van der Waals surface area contributed by atoms with Crippen LogP contribution in [-0.4, -0.2) is 24.3 Å². The number of aliphatic hydroxyl groups excluding tert-OH is 1. The maximum Gasteiger partial charge on any atom is 0.0480 e. The van der Waals surface area contributed by atoms with Crippen LogP contribution in [0.3, 0.4) is 0 Å². The van der Waals surface area contributed by atoms with E-state index in [0.29, 0.717) is 18.4 Å². The van der Waals surface area contributed by atoms with E-state index in [1.54, 1.807) is 0 Å². The number of aliphatic hydroxyl groups is 1. The molecule has 1 fully saturated rings. The topological polar surface area (TPSA) is 32.3 Å². The summed E-state index contributed by atoms with van der Waals surface area (Å²) in [7, 11) is 2.02. The van der Waals surface area contributed by atoms with Crippen LogP contribution >= 0.6 is 0 Å². The van der Waals surface area contributed by atoms with Crippen molar-refractivity contribution >= 4 is 0 Å². The van der Waals surface area contributed by atoms with E-state index >= 15 is 0 Å². The molecule has 1 aliphatic carbocycles. The van der Waals surface area contributed by atoms with E-state index in [4.69, 9.17) is 0 Å². The lowest BCUT2D eigenvalue weighted by molar-refractivity contribution is 0.252. The van der Waals surface area contributed by atoms with Crippen LogP contribution in [0.1, 0.15) is 32.6 Å². The van der Waals surface area contributed by atoms with Crippen LogP contribution in [0, 0.1) is 11.8 Å². The Morgan fingerprint density at radius 3 is 2.64 bits per heavy atom. The van der Waals surface area contributed by atoms with Gasteiger partial charge in [-0.25, -0.2) is 0 Å². The van der Waals surface area contributed by atoms with E-state index in [1.807, 2.05) is 13.1 Å². The van der Waals surface area contributed by atoms with Crippen molar-refractivity contribution in [1.82, 2.24) is 5.32 Å². The average Bonchev–Trinajstić information content (AvgIpc) is 2.83. The van der Waals surface area contributed by atoms with Gasteiger partial charge in [0.25, 0.3) is 0 Å². The van der Waals surface area contributed by atoms with Crippen LogP contribution in [-0.2, 0) is 0 Å². The Bertz CT molecular complexity index is 193. The minimum absolute atomic E-state index is 0.207. The number of hydrogen-bond donors (Lipinski definition) is 2. The molecule has 0 heterocycles. The van der Waals surface area contributed by atoms with Crippen LogP contribution in [0.15, 0.2) is 12.7 Å². The summed E-state index contributed by atoms with van der Waals surface area (Å²) in [5.41, 5.74) is 0.207. The molecule has 3 atom stereocenters. The highest BCUT2D eigenvalue weighted by atomic mass is 16.3. The Hall–Kier alpha value is -0.340. The third-order valence-electron chi connectivity index (χ3n) is 3.72. The highest BCUT2D eigenvalue weighted by molar-refractivity contribution is 5.17.